The number of anilines is 1. The number of nitrogens with zero attached hydrogens (tertiary/aromatic N) is 3. The van der Waals surface area contributed by atoms with E-state index in [2.05, 4.69) is 20.3 Å². The van der Waals surface area contributed by atoms with Gasteiger partial charge in [-0.05, 0) is 38.1 Å². The van der Waals surface area contributed by atoms with E-state index >= 15 is 0 Å². The maximum atomic E-state index is 14.7. The molecule has 29 heavy (non-hydrogen) atoms. The van der Waals surface area contributed by atoms with Gasteiger partial charge in [0.25, 0.3) is 5.91 Å². The van der Waals surface area contributed by atoms with Gasteiger partial charge in [0.1, 0.15) is 22.2 Å². The molecule has 146 valence electrons. The van der Waals surface area contributed by atoms with Crippen LogP contribution in [0.25, 0.3) is 0 Å². The number of aryl methyl sites for hydroxylation is 1. The van der Waals surface area contributed by atoms with Crippen molar-refractivity contribution in [3.63, 3.8) is 0 Å². The number of carbonyl (C=O) groups excluding carboxylic acids is 1. The molecule has 1 unspecified atom stereocenters. The first-order valence-corrected chi connectivity index (χ1v) is 9.71. The van der Waals surface area contributed by atoms with Gasteiger partial charge in [-0.25, -0.2) is 14.4 Å². The maximum Gasteiger partial charge on any atom is 0.275 e. The lowest BCUT2D eigenvalue weighted by Gasteiger charge is -2.31. The molecule has 2 heterocycles. The molecule has 3 aromatic rings. The number of aliphatic imine (C=N–C) groups is 1. The van der Waals surface area contributed by atoms with Crippen molar-refractivity contribution >= 4 is 29.2 Å². The first-order chi connectivity index (χ1) is 13.9. The second kappa shape index (κ2) is 7.29. The Balaban J connectivity index is 1.66. The number of carbonyl (C=O) groups is 1. The summed E-state index contributed by atoms with van der Waals surface area (Å²) in [5.41, 5.74) is 8.63. The molecule has 1 atom stereocenters. The molecule has 1 aliphatic rings. The van der Waals surface area contributed by atoms with Crippen LogP contribution in [-0.4, -0.2) is 21.7 Å². The van der Waals surface area contributed by atoms with Gasteiger partial charge in [-0.3, -0.25) is 9.78 Å². The summed E-state index contributed by atoms with van der Waals surface area (Å²) in [7, 11) is 0. The summed E-state index contributed by atoms with van der Waals surface area (Å²) in [5, 5.41) is 2.73. The molecule has 0 aliphatic carbocycles. The summed E-state index contributed by atoms with van der Waals surface area (Å²) >= 11 is 1.41. The SMILES string of the molecule is Cc1cnc(C(=O)Nc2ccc(F)c(C3(C)N=C(N)c4ccccc4S3)c2)cn1. The minimum absolute atomic E-state index is 0.177. The Bertz CT molecular complexity index is 1130. The molecule has 6 nitrogen and oxygen atoms in total. The molecular formula is C21H18FN5OS. The highest BCUT2D eigenvalue weighted by atomic mass is 32.2. The van der Waals surface area contributed by atoms with Gasteiger partial charge in [-0.1, -0.05) is 30.0 Å². The third kappa shape index (κ3) is 3.71. The van der Waals surface area contributed by atoms with Gasteiger partial charge in [0.2, 0.25) is 0 Å². The number of fused-ring (bicyclic) bond motifs is 1. The van der Waals surface area contributed by atoms with Crippen LogP contribution in [0.1, 0.15) is 34.2 Å². The van der Waals surface area contributed by atoms with E-state index < -0.39 is 16.6 Å². The average Bonchev–Trinajstić information content (AvgIpc) is 2.69. The number of hydrogen-bond acceptors (Lipinski definition) is 6. The zero-order chi connectivity index (χ0) is 20.6. The van der Waals surface area contributed by atoms with Crippen molar-refractivity contribution in [3.05, 3.63) is 83.2 Å². The summed E-state index contributed by atoms with van der Waals surface area (Å²) in [4.78, 5) is 25.1. The number of hydrogen-bond donors (Lipinski definition) is 2. The predicted molar refractivity (Wildman–Crippen MR) is 111 cm³/mol. The molecule has 2 aromatic carbocycles. The van der Waals surface area contributed by atoms with Gasteiger partial charge in [0, 0.05) is 27.9 Å². The zero-order valence-corrected chi connectivity index (χ0v) is 16.6. The second-order valence-electron chi connectivity index (χ2n) is 6.77. The highest BCUT2D eigenvalue weighted by Crippen LogP contribution is 2.47. The van der Waals surface area contributed by atoms with Crippen molar-refractivity contribution in [2.24, 2.45) is 10.7 Å². The number of halogens is 1. The van der Waals surface area contributed by atoms with E-state index in [0.29, 0.717) is 22.8 Å². The van der Waals surface area contributed by atoms with Crippen LogP contribution in [0.5, 0.6) is 0 Å². The molecule has 0 radical (unpaired) electrons. The van der Waals surface area contributed by atoms with Crippen LogP contribution >= 0.6 is 11.8 Å². The smallest absolute Gasteiger partial charge is 0.275 e. The Morgan fingerprint density at radius 1 is 1.17 bits per heavy atom. The largest absolute Gasteiger partial charge is 0.383 e. The van der Waals surface area contributed by atoms with E-state index in [1.807, 2.05) is 24.3 Å². The van der Waals surface area contributed by atoms with Crippen LogP contribution in [0.3, 0.4) is 0 Å². The quantitative estimate of drug-likeness (QED) is 0.688. The summed E-state index contributed by atoms with van der Waals surface area (Å²) < 4.78 is 14.7. The molecule has 8 heteroatoms. The van der Waals surface area contributed by atoms with E-state index in [1.165, 1.54) is 36.3 Å². The fourth-order valence-electron chi connectivity index (χ4n) is 3.07. The van der Waals surface area contributed by atoms with Crippen LogP contribution in [0.4, 0.5) is 10.1 Å². The number of aromatic nitrogens is 2. The molecule has 4 rings (SSSR count). The Morgan fingerprint density at radius 3 is 2.72 bits per heavy atom. The maximum absolute atomic E-state index is 14.7. The summed E-state index contributed by atoms with van der Waals surface area (Å²) in [6.07, 6.45) is 2.91. The number of nitrogens with one attached hydrogen (secondary N) is 1. The highest BCUT2D eigenvalue weighted by molar-refractivity contribution is 8.00. The summed E-state index contributed by atoms with van der Waals surface area (Å²) in [6.45, 7) is 3.59. The zero-order valence-electron chi connectivity index (χ0n) is 15.8. The summed E-state index contributed by atoms with van der Waals surface area (Å²) in [6, 6.07) is 12.0. The number of thioether (sulfide) groups is 1. The Kier molecular flexibility index (Phi) is 4.79. The van der Waals surface area contributed by atoms with Crippen LogP contribution in [-0.2, 0) is 4.87 Å². The third-order valence-corrected chi connectivity index (χ3v) is 5.83. The van der Waals surface area contributed by atoms with Crippen molar-refractivity contribution in [2.75, 3.05) is 5.32 Å². The molecule has 0 spiro atoms. The molecule has 3 N–H and O–H groups in total. The molecule has 1 amide bonds. The van der Waals surface area contributed by atoms with E-state index in [-0.39, 0.29) is 5.69 Å². The first kappa shape index (κ1) is 19.1. The van der Waals surface area contributed by atoms with E-state index in [9.17, 15) is 9.18 Å². The van der Waals surface area contributed by atoms with Crippen LogP contribution in [0.15, 0.2) is 64.7 Å². The molecular weight excluding hydrogens is 389 g/mol. The van der Waals surface area contributed by atoms with Crippen molar-refractivity contribution in [2.45, 2.75) is 23.6 Å². The van der Waals surface area contributed by atoms with Gasteiger partial charge in [-0.2, -0.15) is 0 Å². The standard InChI is InChI=1S/C21H18FN5OS/c1-12-10-25-17(11-24-12)20(28)26-13-7-8-16(22)15(9-13)21(2)27-19(23)14-5-3-4-6-18(14)29-21/h3-11H,1-2H3,(H2,23,27)(H,26,28). The molecule has 1 aromatic heterocycles. The van der Waals surface area contributed by atoms with Crippen LogP contribution < -0.4 is 11.1 Å². The molecule has 0 bridgehead atoms. The topological polar surface area (TPSA) is 93.3 Å². The fraction of sp³-hybridized carbons (Fsp3) is 0.143. The second-order valence-corrected chi connectivity index (χ2v) is 8.21. The number of benzene rings is 2. The average molecular weight is 407 g/mol. The van der Waals surface area contributed by atoms with Crippen molar-refractivity contribution in [1.29, 1.82) is 0 Å². The minimum atomic E-state index is -0.965. The van der Waals surface area contributed by atoms with E-state index in [0.717, 1.165) is 10.5 Å². The number of rotatable bonds is 3. The monoisotopic (exact) mass is 407 g/mol. The van der Waals surface area contributed by atoms with Crippen LogP contribution in [0.2, 0.25) is 0 Å². The lowest BCUT2D eigenvalue weighted by molar-refractivity contribution is 0.102. The third-order valence-electron chi connectivity index (χ3n) is 4.54. The molecule has 1 aliphatic heterocycles. The van der Waals surface area contributed by atoms with Gasteiger partial charge in [0.15, 0.2) is 0 Å². The molecule has 0 saturated heterocycles. The first-order valence-electron chi connectivity index (χ1n) is 8.89. The predicted octanol–water partition coefficient (Wildman–Crippen LogP) is 3.86. The highest BCUT2D eigenvalue weighted by Gasteiger charge is 2.35. The lowest BCUT2D eigenvalue weighted by Crippen LogP contribution is -2.28. The lowest BCUT2D eigenvalue weighted by atomic mass is 10.1. The molecule has 0 fully saturated rings. The van der Waals surface area contributed by atoms with Crippen molar-refractivity contribution in [1.82, 2.24) is 9.97 Å². The van der Waals surface area contributed by atoms with Crippen molar-refractivity contribution in [3.8, 4) is 0 Å². The number of nitrogens with two attached hydrogens (primary N) is 1. The van der Waals surface area contributed by atoms with Gasteiger partial charge in [-0.15, -0.1) is 0 Å². The van der Waals surface area contributed by atoms with Crippen molar-refractivity contribution < 1.29 is 9.18 Å². The van der Waals surface area contributed by atoms with Gasteiger partial charge in [0.05, 0.1) is 11.9 Å². The Labute approximate surface area is 171 Å². The fourth-order valence-corrected chi connectivity index (χ4v) is 4.34. The number of amidine groups is 1. The summed E-state index contributed by atoms with van der Waals surface area (Å²) in [5.74, 6) is -0.500. The Morgan fingerprint density at radius 2 is 1.97 bits per heavy atom. The number of amides is 1. The van der Waals surface area contributed by atoms with E-state index in [4.69, 9.17) is 5.73 Å². The normalized spacial score (nSPS) is 18.0. The van der Waals surface area contributed by atoms with Gasteiger partial charge >= 0.3 is 0 Å². The Hall–Kier alpha value is -3.26. The van der Waals surface area contributed by atoms with Crippen LogP contribution in [0, 0.1) is 12.7 Å². The minimum Gasteiger partial charge on any atom is -0.383 e. The molecule has 0 saturated carbocycles. The van der Waals surface area contributed by atoms with E-state index in [1.54, 1.807) is 19.9 Å². The van der Waals surface area contributed by atoms with Gasteiger partial charge < -0.3 is 11.1 Å².